The Kier molecular flexibility index (Phi) is 5.39. The van der Waals surface area contributed by atoms with Crippen LogP contribution in [-0.4, -0.2) is 38.8 Å². The van der Waals surface area contributed by atoms with Crippen molar-refractivity contribution in [1.29, 1.82) is 0 Å². The van der Waals surface area contributed by atoms with Crippen LogP contribution in [-0.2, 0) is 6.54 Å². The lowest BCUT2D eigenvalue weighted by Gasteiger charge is -2.32. The predicted octanol–water partition coefficient (Wildman–Crippen LogP) is 2.68. The van der Waals surface area contributed by atoms with Crippen molar-refractivity contribution in [3.8, 4) is 17.0 Å². The van der Waals surface area contributed by atoms with Gasteiger partial charge in [-0.25, -0.2) is 14.6 Å². The van der Waals surface area contributed by atoms with E-state index in [2.05, 4.69) is 15.3 Å². The quantitative estimate of drug-likeness (QED) is 0.417. The van der Waals surface area contributed by atoms with E-state index < -0.39 is 0 Å². The first-order valence-corrected chi connectivity index (χ1v) is 10.8. The number of hydrogen-bond donors (Lipinski definition) is 3. The summed E-state index contributed by atoms with van der Waals surface area (Å²) in [6, 6.07) is 15.4. The fourth-order valence-electron chi connectivity index (χ4n) is 4.17. The minimum atomic E-state index is -0.190. The van der Waals surface area contributed by atoms with Gasteiger partial charge in [-0.3, -0.25) is 4.79 Å². The van der Waals surface area contributed by atoms with Crippen molar-refractivity contribution in [2.75, 3.05) is 12.8 Å². The lowest BCUT2D eigenvalue weighted by atomic mass is 9.88. The Hall–Kier alpha value is -3.98. The average Bonchev–Trinajstić information content (AvgIpc) is 3.21. The van der Waals surface area contributed by atoms with E-state index in [1.807, 2.05) is 41.1 Å². The molecule has 1 saturated carbocycles. The van der Waals surface area contributed by atoms with Crippen LogP contribution in [0, 0.1) is 0 Å². The number of nitrogens with one attached hydrogen (secondary N) is 1. The van der Waals surface area contributed by atoms with Gasteiger partial charge in [-0.2, -0.15) is 5.10 Å². The second-order valence-corrected chi connectivity index (χ2v) is 8.22. The minimum absolute atomic E-state index is 0.190. The van der Waals surface area contributed by atoms with E-state index >= 15 is 0 Å². The van der Waals surface area contributed by atoms with Gasteiger partial charge in [0.1, 0.15) is 23.6 Å². The van der Waals surface area contributed by atoms with E-state index in [1.165, 1.54) is 6.33 Å². The van der Waals surface area contributed by atoms with Gasteiger partial charge in [0.05, 0.1) is 24.1 Å². The van der Waals surface area contributed by atoms with Crippen molar-refractivity contribution < 1.29 is 9.53 Å². The van der Waals surface area contributed by atoms with E-state index in [9.17, 15) is 4.79 Å². The summed E-state index contributed by atoms with van der Waals surface area (Å²) in [4.78, 5) is 21.2. The minimum Gasteiger partial charge on any atom is -0.496 e. The van der Waals surface area contributed by atoms with Crippen LogP contribution in [0.5, 0.6) is 5.75 Å². The Morgan fingerprint density at radius 2 is 1.91 bits per heavy atom. The maximum absolute atomic E-state index is 12.6. The average molecular weight is 444 g/mol. The molecule has 2 aromatic heterocycles. The number of ether oxygens (including phenoxy) is 1. The Bertz CT molecular complexity index is 1310. The SMILES string of the molecule is COc1ccccc1C(=O)NCc1ccc(-c2nn([C@H]3C[C@@H](N)C3)c3ncnc(N)c23)cc1. The van der Waals surface area contributed by atoms with Crippen LogP contribution in [0.4, 0.5) is 5.82 Å². The van der Waals surface area contributed by atoms with Crippen LogP contribution in [0.25, 0.3) is 22.3 Å². The van der Waals surface area contributed by atoms with Crippen molar-refractivity contribution >= 4 is 22.8 Å². The molecule has 2 heterocycles. The molecule has 0 spiro atoms. The molecule has 1 aliphatic carbocycles. The summed E-state index contributed by atoms with van der Waals surface area (Å²) in [5.74, 6) is 0.753. The Morgan fingerprint density at radius 3 is 2.64 bits per heavy atom. The number of amides is 1. The van der Waals surface area contributed by atoms with Crippen molar-refractivity contribution in [2.24, 2.45) is 5.73 Å². The highest BCUT2D eigenvalue weighted by Crippen LogP contribution is 2.37. The molecule has 1 fully saturated rings. The molecular weight excluding hydrogens is 418 g/mol. The topological polar surface area (TPSA) is 134 Å². The number of benzene rings is 2. The maximum Gasteiger partial charge on any atom is 0.255 e. The van der Waals surface area contributed by atoms with E-state index in [0.29, 0.717) is 23.7 Å². The molecule has 5 rings (SSSR count). The van der Waals surface area contributed by atoms with E-state index in [-0.39, 0.29) is 18.0 Å². The largest absolute Gasteiger partial charge is 0.496 e. The monoisotopic (exact) mass is 443 g/mol. The van der Waals surface area contributed by atoms with Crippen LogP contribution in [0.3, 0.4) is 0 Å². The molecule has 9 nitrogen and oxygen atoms in total. The van der Waals surface area contributed by atoms with Crippen LogP contribution in [0.15, 0.2) is 54.9 Å². The highest BCUT2D eigenvalue weighted by atomic mass is 16.5. The number of fused-ring (bicyclic) bond motifs is 1. The zero-order chi connectivity index (χ0) is 22.9. The van der Waals surface area contributed by atoms with Crippen molar-refractivity contribution in [2.45, 2.75) is 31.5 Å². The molecule has 4 aromatic rings. The lowest BCUT2D eigenvalue weighted by molar-refractivity contribution is 0.0948. The summed E-state index contributed by atoms with van der Waals surface area (Å²) in [6.07, 6.45) is 3.20. The Balaban J connectivity index is 1.37. The fraction of sp³-hybridized carbons (Fsp3) is 0.250. The number of methoxy groups -OCH3 is 1. The number of nitrogens with two attached hydrogens (primary N) is 2. The fourth-order valence-corrected chi connectivity index (χ4v) is 4.17. The summed E-state index contributed by atoms with van der Waals surface area (Å²) in [6.45, 7) is 0.386. The number of carbonyl (C=O) groups is 1. The number of nitrogen functional groups attached to an aromatic ring is 1. The molecule has 5 N–H and O–H groups in total. The first kappa shape index (κ1) is 20.9. The first-order chi connectivity index (χ1) is 16.0. The summed E-state index contributed by atoms with van der Waals surface area (Å²) in [5.41, 5.74) is 16.0. The third-order valence-electron chi connectivity index (χ3n) is 6.05. The summed E-state index contributed by atoms with van der Waals surface area (Å²) >= 11 is 0. The second kappa shape index (κ2) is 8.51. The second-order valence-electron chi connectivity index (χ2n) is 8.22. The van der Waals surface area contributed by atoms with Gasteiger partial charge >= 0.3 is 0 Å². The number of hydrogen-bond acceptors (Lipinski definition) is 7. The number of aromatic nitrogens is 4. The molecule has 0 atom stereocenters. The van der Waals surface area contributed by atoms with Crippen LogP contribution >= 0.6 is 0 Å². The number of anilines is 1. The standard InChI is InChI=1S/C24H25N7O2/c1-33-19-5-3-2-4-18(19)24(32)27-12-14-6-8-15(9-7-14)21-20-22(26)28-13-29-23(20)31(30-21)17-10-16(25)11-17/h2-9,13,16-17H,10-12,25H2,1H3,(H,27,32)(H2,26,28,29)/t16-,17+. The lowest BCUT2D eigenvalue weighted by Crippen LogP contribution is -2.38. The van der Waals surface area contributed by atoms with Gasteiger partial charge in [-0.15, -0.1) is 0 Å². The zero-order valence-corrected chi connectivity index (χ0v) is 18.2. The maximum atomic E-state index is 12.6. The number of carbonyl (C=O) groups excluding carboxylic acids is 1. The van der Waals surface area contributed by atoms with Gasteiger partial charge in [0, 0.05) is 18.2 Å². The molecule has 0 radical (unpaired) electrons. The highest BCUT2D eigenvalue weighted by Gasteiger charge is 2.31. The molecule has 9 heteroatoms. The molecular formula is C24H25N7O2. The van der Waals surface area contributed by atoms with Crippen molar-refractivity contribution in [3.05, 3.63) is 66.0 Å². The molecule has 168 valence electrons. The predicted molar refractivity (Wildman–Crippen MR) is 126 cm³/mol. The smallest absolute Gasteiger partial charge is 0.255 e. The van der Waals surface area contributed by atoms with Gasteiger partial charge in [0.15, 0.2) is 5.65 Å². The molecule has 2 aromatic carbocycles. The Morgan fingerprint density at radius 1 is 1.15 bits per heavy atom. The van der Waals surface area contributed by atoms with Gasteiger partial charge in [0.25, 0.3) is 5.91 Å². The molecule has 1 aliphatic rings. The van der Waals surface area contributed by atoms with E-state index in [1.54, 1.807) is 19.2 Å². The normalized spacial score (nSPS) is 17.5. The summed E-state index contributed by atoms with van der Waals surface area (Å²) < 4.78 is 7.19. The first-order valence-electron chi connectivity index (χ1n) is 10.8. The van der Waals surface area contributed by atoms with E-state index in [0.717, 1.165) is 40.7 Å². The number of rotatable bonds is 6. The molecule has 0 bridgehead atoms. The van der Waals surface area contributed by atoms with Crippen molar-refractivity contribution in [3.63, 3.8) is 0 Å². The zero-order valence-electron chi connectivity index (χ0n) is 18.2. The highest BCUT2D eigenvalue weighted by molar-refractivity contribution is 5.98. The van der Waals surface area contributed by atoms with Crippen molar-refractivity contribution in [1.82, 2.24) is 25.1 Å². The molecule has 1 amide bonds. The summed E-state index contributed by atoms with van der Waals surface area (Å²) in [7, 11) is 1.55. The number of para-hydroxylation sites is 1. The van der Waals surface area contributed by atoms with Gasteiger partial charge in [-0.1, -0.05) is 36.4 Å². The molecule has 33 heavy (non-hydrogen) atoms. The summed E-state index contributed by atoms with van der Waals surface area (Å²) in [5, 5.41) is 8.52. The van der Waals surface area contributed by atoms with Gasteiger partial charge < -0.3 is 21.5 Å². The van der Waals surface area contributed by atoms with Crippen LogP contribution in [0.1, 0.15) is 34.8 Å². The molecule has 0 unspecified atom stereocenters. The van der Waals surface area contributed by atoms with Crippen LogP contribution in [0.2, 0.25) is 0 Å². The molecule has 0 aliphatic heterocycles. The third kappa shape index (κ3) is 3.87. The van der Waals surface area contributed by atoms with Gasteiger partial charge in [-0.05, 0) is 30.5 Å². The van der Waals surface area contributed by atoms with E-state index in [4.69, 9.17) is 21.3 Å². The van der Waals surface area contributed by atoms with Crippen LogP contribution < -0.4 is 21.5 Å². The molecule has 0 saturated heterocycles. The Labute approximate surface area is 190 Å². The van der Waals surface area contributed by atoms with Gasteiger partial charge in [0.2, 0.25) is 0 Å². The number of nitrogens with zero attached hydrogens (tertiary/aromatic N) is 4. The third-order valence-corrected chi connectivity index (χ3v) is 6.05.